The van der Waals surface area contributed by atoms with Crippen molar-refractivity contribution < 1.29 is 48.0 Å². The van der Waals surface area contributed by atoms with Gasteiger partial charge in [-0.25, -0.2) is 4.79 Å². The summed E-state index contributed by atoms with van der Waals surface area (Å²) in [6, 6.07) is 6.19. The standard InChI is InChI=1S/C46H65N5O10/c1-11-13-35-46(8)39-27(4)36(48-17-18-51(39)44(56)61-46)25(2)23-45(7,57-19-12-14-30-21-32-22-31(41(47)54)15-16-33(32)49-24-30)40(28(5)37(52)29(6)42(55)59-35)60-43-38(53)34(50(9)10)20-26(3)58-43/h12,14-16,21-22,24-29,34-35,38-40,43,53H,11,13,17-20,23H2,1-10H3,(H2,47,54)/b14-12+/t25-,26+,27+,28+,29-,34-,35-,38?,39-,40-,43-,45+,46-/m1/s1. The predicted octanol–water partition coefficient (Wildman–Crippen LogP) is 5.20. The van der Waals surface area contributed by atoms with Gasteiger partial charge in [0.25, 0.3) is 0 Å². The molecule has 61 heavy (non-hydrogen) atoms. The summed E-state index contributed by atoms with van der Waals surface area (Å²) >= 11 is 0. The Morgan fingerprint density at radius 1 is 1.10 bits per heavy atom. The minimum atomic E-state index is -1.26. The number of aliphatic imine (C=N–C) groups is 1. The summed E-state index contributed by atoms with van der Waals surface area (Å²) in [4.78, 5) is 67.6. The van der Waals surface area contributed by atoms with Crippen LogP contribution in [0.25, 0.3) is 17.0 Å². The van der Waals surface area contributed by atoms with Crippen molar-refractivity contribution in [2.45, 2.75) is 135 Å². The summed E-state index contributed by atoms with van der Waals surface area (Å²) in [7, 11) is 3.78. The third-order valence-electron chi connectivity index (χ3n) is 13.4. The van der Waals surface area contributed by atoms with Crippen LogP contribution >= 0.6 is 0 Å². The molecule has 13 atom stereocenters. The summed E-state index contributed by atoms with van der Waals surface area (Å²) in [5.74, 6) is -4.43. The number of rotatable bonds is 10. The zero-order valence-corrected chi connectivity index (χ0v) is 37.3. The Morgan fingerprint density at radius 3 is 2.52 bits per heavy atom. The number of carbonyl (C=O) groups excluding carboxylic acids is 4. The van der Waals surface area contributed by atoms with Crippen LogP contribution in [0, 0.1) is 23.7 Å². The monoisotopic (exact) mass is 847 g/mol. The van der Waals surface area contributed by atoms with Crippen LogP contribution in [0.2, 0.25) is 0 Å². The van der Waals surface area contributed by atoms with E-state index in [-0.39, 0.29) is 30.6 Å². The molecule has 0 saturated carbocycles. The molecule has 3 fully saturated rings. The number of hydrogen-bond donors (Lipinski definition) is 2. The van der Waals surface area contributed by atoms with E-state index in [9.17, 15) is 24.3 Å². The number of nitrogens with zero attached hydrogens (tertiary/aromatic N) is 4. The second-order valence-electron chi connectivity index (χ2n) is 18.2. The van der Waals surface area contributed by atoms with Crippen LogP contribution in [0.4, 0.5) is 4.79 Å². The van der Waals surface area contributed by atoms with Gasteiger partial charge < -0.3 is 39.4 Å². The Balaban J connectivity index is 1.42. The number of fused-ring (bicyclic) bond motifs is 2. The van der Waals surface area contributed by atoms with Gasteiger partial charge in [-0.2, -0.15) is 0 Å². The normalized spacial score (nSPS) is 36.4. The van der Waals surface area contributed by atoms with Gasteiger partial charge in [0.1, 0.15) is 18.1 Å². The Kier molecular flexibility index (Phi) is 14.1. The number of ketones is 1. The average Bonchev–Trinajstić information content (AvgIpc) is 3.34. The molecular formula is C46H65N5O10. The van der Waals surface area contributed by atoms with Crippen LogP contribution in [0.1, 0.15) is 97.0 Å². The fraction of sp³-hybridized carbons (Fsp3) is 0.652. The first-order valence-corrected chi connectivity index (χ1v) is 21.7. The van der Waals surface area contributed by atoms with Crippen LogP contribution in [-0.2, 0) is 33.3 Å². The topological polar surface area (TPSA) is 192 Å². The van der Waals surface area contributed by atoms with Crippen molar-refractivity contribution in [3.8, 4) is 0 Å². The molecule has 2 aromatic rings. The highest BCUT2D eigenvalue weighted by Gasteiger charge is 2.60. The second-order valence-corrected chi connectivity index (χ2v) is 18.2. The summed E-state index contributed by atoms with van der Waals surface area (Å²) < 4.78 is 32.5. The van der Waals surface area contributed by atoms with Crippen molar-refractivity contribution in [2.24, 2.45) is 34.4 Å². The van der Waals surface area contributed by atoms with Crippen LogP contribution < -0.4 is 5.73 Å². The third kappa shape index (κ3) is 9.41. The number of aliphatic hydroxyl groups excluding tert-OH is 1. The second kappa shape index (κ2) is 18.6. The zero-order valence-electron chi connectivity index (χ0n) is 37.3. The molecule has 2 bridgehead atoms. The molecule has 15 nitrogen and oxygen atoms in total. The quantitative estimate of drug-likeness (QED) is 0.235. The van der Waals surface area contributed by atoms with E-state index in [2.05, 4.69) is 11.9 Å². The number of ether oxygens (including phenoxy) is 5. The van der Waals surface area contributed by atoms with Gasteiger partial charge in [-0.15, -0.1) is 0 Å². The number of likely N-dealkylation sites (N-methyl/N-ethyl adjacent to an activating group) is 1. The maximum atomic E-state index is 14.7. The molecule has 6 rings (SSSR count). The van der Waals surface area contributed by atoms with Crippen LogP contribution in [0.5, 0.6) is 0 Å². The average molecular weight is 848 g/mol. The number of carbonyl (C=O) groups is 4. The number of nitrogens with two attached hydrogens (primary N) is 1. The van der Waals surface area contributed by atoms with Gasteiger partial charge in [0, 0.05) is 47.3 Å². The van der Waals surface area contributed by atoms with Gasteiger partial charge in [-0.1, -0.05) is 46.3 Å². The fourth-order valence-corrected chi connectivity index (χ4v) is 10.2. The molecule has 4 aliphatic heterocycles. The number of aliphatic hydroxyl groups is 1. The number of amides is 2. The number of pyridine rings is 1. The van der Waals surface area contributed by atoms with Gasteiger partial charge in [0.15, 0.2) is 17.7 Å². The molecule has 1 aromatic heterocycles. The first kappa shape index (κ1) is 46.2. The summed E-state index contributed by atoms with van der Waals surface area (Å²) in [5.41, 5.74) is 5.76. The smallest absolute Gasteiger partial charge is 0.410 e. The molecule has 0 spiro atoms. The molecule has 4 aliphatic rings. The maximum absolute atomic E-state index is 14.7. The first-order chi connectivity index (χ1) is 28.8. The van der Waals surface area contributed by atoms with Crippen molar-refractivity contribution in [1.82, 2.24) is 14.8 Å². The lowest BCUT2D eigenvalue weighted by Gasteiger charge is -2.47. The molecule has 0 aliphatic carbocycles. The van der Waals surface area contributed by atoms with E-state index in [1.54, 1.807) is 36.2 Å². The summed E-state index contributed by atoms with van der Waals surface area (Å²) in [6.45, 7) is 15.7. The summed E-state index contributed by atoms with van der Waals surface area (Å²) in [5, 5.41) is 12.5. The number of Topliss-reactive ketones (excluding diaryl/α,β-unsaturated/α-hetero) is 1. The predicted molar refractivity (Wildman–Crippen MR) is 230 cm³/mol. The molecule has 2 amide bonds. The highest BCUT2D eigenvalue weighted by Crippen LogP contribution is 2.44. The van der Waals surface area contributed by atoms with Crippen molar-refractivity contribution in [1.29, 1.82) is 0 Å². The van der Waals surface area contributed by atoms with Crippen LogP contribution in [0.15, 0.2) is 41.5 Å². The number of primary amides is 1. The Labute approximate surface area is 359 Å². The summed E-state index contributed by atoms with van der Waals surface area (Å²) in [6.07, 6.45) is 2.55. The van der Waals surface area contributed by atoms with E-state index in [4.69, 9.17) is 34.4 Å². The molecule has 15 heteroatoms. The van der Waals surface area contributed by atoms with Crippen molar-refractivity contribution in [2.75, 3.05) is 33.8 Å². The lowest BCUT2D eigenvalue weighted by molar-refractivity contribution is -0.296. The first-order valence-electron chi connectivity index (χ1n) is 21.7. The number of hydrogen-bond acceptors (Lipinski definition) is 13. The van der Waals surface area contributed by atoms with Gasteiger partial charge >= 0.3 is 12.1 Å². The van der Waals surface area contributed by atoms with E-state index in [1.165, 1.54) is 6.92 Å². The molecule has 3 saturated heterocycles. The number of aromatic nitrogens is 1. The molecule has 0 radical (unpaired) electrons. The van der Waals surface area contributed by atoms with Crippen LogP contribution in [-0.4, -0.2) is 137 Å². The van der Waals surface area contributed by atoms with Gasteiger partial charge in [0.05, 0.1) is 42.5 Å². The third-order valence-corrected chi connectivity index (χ3v) is 13.4. The van der Waals surface area contributed by atoms with Gasteiger partial charge in [-0.05, 0) is 96.8 Å². The van der Waals surface area contributed by atoms with E-state index in [0.29, 0.717) is 49.9 Å². The van der Waals surface area contributed by atoms with E-state index < -0.39 is 77.4 Å². The minimum absolute atomic E-state index is 0.0727. The molecule has 1 aromatic carbocycles. The minimum Gasteiger partial charge on any atom is -0.457 e. The molecule has 334 valence electrons. The lowest BCUT2D eigenvalue weighted by Crippen LogP contribution is -2.60. The Bertz CT molecular complexity index is 2020. The molecular weight excluding hydrogens is 783 g/mol. The Hall–Kier alpha value is -4.28. The highest BCUT2D eigenvalue weighted by molar-refractivity contribution is 6.00. The van der Waals surface area contributed by atoms with Crippen LogP contribution in [0.3, 0.4) is 0 Å². The SMILES string of the molecule is CCC[C@H]1OC(=O)[C@H](C)C(=O)[C@H](C)[C@@H](O[C@H]2O[C@@H](C)C[C@@H](N(C)C)C2O)[C@@](C)(OC/C=C/c2cnc3ccc(C(N)=O)cc3c2)C[C@@H](C)C2=NCCN3C(=O)O[C@@]1(C)[C@H]3[C@H]2C. The van der Waals surface area contributed by atoms with Crippen molar-refractivity contribution in [3.05, 3.63) is 47.7 Å². The largest absolute Gasteiger partial charge is 0.457 e. The molecule has 3 N–H and O–H groups in total. The van der Waals surface area contributed by atoms with E-state index in [1.807, 2.05) is 71.8 Å². The number of benzene rings is 1. The van der Waals surface area contributed by atoms with E-state index >= 15 is 0 Å². The van der Waals surface area contributed by atoms with Crippen molar-refractivity contribution >= 4 is 46.4 Å². The maximum Gasteiger partial charge on any atom is 0.410 e. The van der Waals surface area contributed by atoms with Gasteiger partial charge in [-0.3, -0.25) is 29.3 Å². The van der Waals surface area contributed by atoms with Crippen molar-refractivity contribution in [3.63, 3.8) is 0 Å². The number of esters is 1. The molecule has 5 heterocycles. The highest BCUT2D eigenvalue weighted by atomic mass is 16.7. The number of cyclic esters (lactones) is 1. The lowest BCUT2D eigenvalue weighted by atomic mass is 9.73. The fourth-order valence-electron chi connectivity index (χ4n) is 10.2. The molecule has 1 unspecified atom stereocenters. The Morgan fingerprint density at radius 2 is 1.84 bits per heavy atom. The van der Waals surface area contributed by atoms with Gasteiger partial charge in [0.2, 0.25) is 5.91 Å². The zero-order chi connectivity index (χ0) is 44.6. The van der Waals surface area contributed by atoms with E-state index in [0.717, 1.165) is 16.7 Å².